The van der Waals surface area contributed by atoms with E-state index in [-0.39, 0.29) is 16.7 Å². The lowest BCUT2D eigenvalue weighted by atomic mass is 10.3. The third-order valence-corrected chi connectivity index (χ3v) is 2.76. The van der Waals surface area contributed by atoms with Crippen molar-refractivity contribution in [1.29, 1.82) is 0 Å². The van der Waals surface area contributed by atoms with E-state index in [2.05, 4.69) is 10.3 Å². The third kappa shape index (κ3) is 3.96. The molecule has 0 fully saturated rings. The van der Waals surface area contributed by atoms with E-state index >= 15 is 0 Å². The van der Waals surface area contributed by atoms with Gasteiger partial charge in [0, 0.05) is 28.7 Å². The highest BCUT2D eigenvalue weighted by Crippen LogP contribution is 2.37. The number of hydrogen-bond donors (Lipinski definition) is 1. The summed E-state index contributed by atoms with van der Waals surface area (Å²) in [6, 6.07) is 9.65. The number of nitrogens with one attached hydrogen (secondary N) is 1. The Morgan fingerprint density at radius 1 is 1.00 bits per heavy atom. The maximum absolute atomic E-state index is 12.2. The van der Waals surface area contributed by atoms with Gasteiger partial charge in [0.1, 0.15) is 0 Å². The van der Waals surface area contributed by atoms with Crippen molar-refractivity contribution < 1.29 is 13.2 Å². The van der Waals surface area contributed by atoms with Gasteiger partial charge < -0.3 is 5.32 Å². The van der Waals surface area contributed by atoms with Crippen molar-refractivity contribution in [1.82, 2.24) is 4.98 Å². The van der Waals surface area contributed by atoms with E-state index in [9.17, 15) is 13.2 Å². The average molecular weight is 270 g/mol. The van der Waals surface area contributed by atoms with Crippen molar-refractivity contribution in [2.24, 2.45) is 0 Å². The number of hydrogen-bond acceptors (Lipinski definition) is 3. The molecule has 1 N–H and O–H groups in total. The molecule has 18 heavy (non-hydrogen) atoms. The van der Waals surface area contributed by atoms with Gasteiger partial charge in [0.15, 0.2) is 0 Å². The number of pyridine rings is 1. The standard InChI is InChI=1S/C12H9F3N2S/c13-12(14,15)18-11-3-1-2-10(8-11)17-9-4-6-16-7-5-9/h1-8H,(H,16,17). The number of nitrogens with zero attached hydrogens (tertiary/aromatic N) is 1. The fourth-order valence-electron chi connectivity index (χ4n) is 1.37. The highest BCUT2D eigenvalue weighted by molar-refractivity contribution is 8.00. The minimum Gasteiger partial charge on any atom is -0.355 e. The van der Waals surface area contributed by atoms with Crippen molar-refractivity contribution in [2.75, 3.05) is 5.32 Å². The quantitative estimate of drug-likeness (QED) is 0.835. The van der Waals surface area contributed by atoms with Crippen LogP contribution in [-0.2, 0) is 0 Å². The van der Waals surface area contributed by atoms with Gasteiger partial charge in [0.2, 0.25) is 0 Å². The summed E-state index contributed by atoms with van der Waals surface area (Å²) in [7, 11) is 0. The van der Waals surface area contributed by atoms with Crippen LogP contribution in [-0.4, -0.2) is 10.5 Å². The largest absolute Gasteiger partial charge is 0.446 e. The number of alkyl halides is 3. The molecule has 0 amide bonds. The lowest BCUT2D eigenvalue weighted by Gasteiger charge is -2.09. The van der Waals surface area contributed by atoms with Crippen LogP contribution in [0.1, 0.15) is 0 Å². The number of anilines is 2. The summed E-state index contributed by atoms with van der Waals surface area (Å²) in [6.07, 6.45) is 3.22. The smallest absolute Gasteiger partial charge is 0.355 e. The Bertz CT molecular complexity index is 514. The summed E-state index contributed by atoms with van der Waals surface area (Å²) in [5.74, 6) is 0. The Balaban J connectivity index is 2.13. The van der Waals surface area contributed by atoms with Crippen LogP contribution in [0, 0.1) is 0 Å². The van der Waals surface area contributed by atoms with Gasteiger partial charge in [-0.3, -0.25) is 4.98 Å². The summed E-state index contributed by atoms with van der Waals surface area (Å²) in [6.45, 7) is 0. The Kier molecular flexibility index (Phi) is 3.76. The SMILES string of the molecule is FC(F)(F)Sc1cccc(Nc2ccncc2)c1. The molecule has 0 saturated carbocycles. The van der Waals surface area contributed by atoms with Crippen LogP contribution in [0.2, 0.25) is 0 Å². The molecule has 94 valence electrons. The summed E-state index contributed by atoms with van der Waals surface area (Å²) in [5.41, 5.74) is -2.88. The fourth-order valence-corrected chi connectivity index (χ4v) is 1.97. The molecule has 0 spiro atoms. The first-order valence-electron chi connectivity index (χ1n) is 5.06. The van der Waals surface area contributed by atoms with Crippen LogP contribution in [0.5, 0.6) is 0 Å². The first kappa shape index (κ1) is 12.8. The molecular formula is C12H9F3N2S. The maximum Gasteiger partial charge on any atom is 0.446 e. The predicted octanol–water partition coefficient (Wildman–Crippen LogP) is 4.44. The highest BCUT2D eigenvalue weighted by atomic mass is 32.2. The number of rotatable bonds is 3. The number of thioether (sulfide) groups is 1. The minimum absolute atomic E-state index is 0.127. The van der Waals surface area contributed by atoms with Gasteiger partial charge in [-0.25, -0.2) is 0 Å². The molecule has 0 saturated heterocycles. The van der Waals surface area contributed by atoms with Gasteiger partial charge in [-0.2, -0.15) is 13.2 Å². The first-order valence-corrected chi connectivity index (χ1v) is 5.87. The van der Waals surface area contributed by atoms with Gasteiger partial charge in [-0.15, -0.1) is 0 Å². The second-order valence-corrected chi connectivity index (χ2v) is 4.57. The van der Waals surface area contributed by atoms with Gasteiger partial charge in [0.25, 0.3) is 0 Å². The molecule has 2 aromatic rings. The molecule has 0 bridgehead atoms. The predicted molar refractivity (Wildman–Crippen MR) is 65.9 cm³/mol. The van der Waals surface area contributed by atoms with E-state index in [1.165, 1.54) is 12.1 Å². The van der Waals surface area contributed by atoms with Crippen molar-refractivity contribution in [2.45, 2.75) is 10.4 Å². The molecule has 0 unspecified atom stereocenters. The molecule has 1 aromatic heterocycles. The molecule has 0 radical (unpaired) electrons. The number of aromatic nitrogens is 1. The van der Waals surface area contributed by atoms with Crippen LogP contribution in [0.25, 0.3) is 0 Å². The Hall–Kier alpha value is -1.69. The van der Waals surface area contributed by atoms with Crippen molar-refractivity contribution in [3.05, 3.63) is 48.8 Å². The summed E-state index contributed by atoms with van der Waals surface area (Å²) >= 11 is -0.127. The molecule has 0 aliphatic carbocycles. The second kappa shape index (κ2) is 5.30. The Morgan fingerprint density at radius 3 is 2.39 bits per heavy atom. The molecule has 2 nitrogen and oxygen atoms in total. The van der Waals surface area contributed by atoms with E-state index in [1.807, 2.05) is 0 Å². The molecule has 6 heteroatoms. The normalized spacial score (nSPS) is 11.3. The molecule has 0 atom stereocenters. The van der Waals surface area contributed by atoms with E-state index < -0.39 is 5.51 Å². The van der Waals surface area contributed by atoms with Crippen LogP contribution < -0.4 is 5.32 Å². The van der Waals surface area contributed by atoms with Gasteiger partial charge >= 0.3 is 5.51 Å². The minimum atomic E-state index is -4.27. The van der Waals surface area contributed by atoms with Gasteiger partial charge in [-0.05, 0) is 42.1 Å². The second-order valence-electron chi connectivity index (χ2n) is 3.44. The van der Waals surface area contributed by atoms with E-state index in [0.717, 1.165) is 5.69 Å². The first-order chi connectivity index (χ1) is 8.53. The van der Waals surface area contributed by atoms with Crippen LogP contribution in [0.3, 0.4) is 0 Å². The molecule has 0 aliphatic heterocycles. The number of benzene rings is 1. The lowest BCUT2D eigenvalue weighted by Crippen LogP contribution is -1.99. The lowest BCUT2D eigenvalue weighted by molar-refractivity contribution is -0.0328. The zero-order valence-corrected chi connectivity index (χ0v) is 9.92. The fraction of sp³-hybridized carbons (Fsp3) is 0.0833. The van der Waals surface area contributed by atoms with Gasteiger partial charge in [-0.1, -0.05) is 6.07 Å². The molecule has 0 aliphatic rings. The number of halogens is 3. The third-order valence-electron chi connectivity index (χ3n) is 2.04. The van der Waals surface area contributed by atoms with Crippen LogP contribution in [0.15, 0.2) is 53.7 Å². The van der Waals surface area contributed by atoms with E-state index in [1.54, 1.807) is 36.7 Å². The van der Waals surface area contributed by atoms with Crippen molar-refractivity contribution in [3.63, 3.8) is 0 Å². The molecule has 1 aromatic carbocycles. The van der Waals surface area contributed by atoms with Crippen LogP contribution in [0.4, 0.5) is 24.5 Å². The Morgan fingerprint density at radius 2 is 1.72 bits per heavy atom. The summed E-state index contributed by atoms with van der Waals surface area (Å²) < 4.78 is 36.7. The molecular weight excluding hydrogens is 261 g/mol. The van der Waals surface area contributed by atoms with Gasteiger partial charge in [0.05, 0.1) is 0 Å². The van der Waals surface area contributed by atoms with E-state index in [0.29, 0.717) is 5.69 Å². The molecule has 2 rings (SSSR count). The Labute approximate surface area is 106 Å². The monoisotopic (exact) mass is 270 g/mol. The van der Waals surface area contributed by atoms with Crippen molar-refractivity contribution in [3.8, 4) is 0 Å². The van der Waals surface area contributed by atoms with E-state index in [4.69, 9.17) is 0 Å². The zero-order valence-electron chi connectivity index (χ0n) is 9.11. The van der Waals surface area contributed by atoms with Crippen LogP contribution >= 0.6 is 11.8 Å². The zero-order chi connectivity index (χ0) is 13.0. The van der Waals surface area contributed by atoms with Crippen molar-refractivity contribution >= 4 is 23.1 Å². The molecule has 1 heterocycles. The topological polar surface area (TPSA) is 24.9 Å². The summed E-state index contributed by atoms with van der Waals surface area (Å²) in [5, 5.41) is 3.01. The summed E-state index contributed by atoms with van der Waals surface area (Å²) in [4.78, 5) is 4.01. The highest BCUT2D eigenvalue weighted by Gasteiger charge is 2.29. The average Bonchev–Trinajstić information content (AvgIpc) is 2.28. The maximum atomic E-state index is 12.2.